The molecule has 1 aliphatic heterocycles. The van der Waals surface area contributed by atoms with Gasteiger partial charge in [0.15, 0.2) is 0 Å². The fraction of sp³-hybridized carbons (Fsp3) is 0.500. The van der Waals surface area contributed by atoms with E-state index >= 15 is 0 Å². The highest BCUT2D eigenvalue weighted by atomic mass is 79.9. The molecule has 0 bridgehead atoms. The molecule has 0 aliphatic carbocycles. The molecule has 0 spiro atoms. The van der Waals surface area contributed by atoms with E-state index in [1.54, 1.807) is 23.2 Å². The highest BCUT2D eigenvalue weighted by molar-refractivity contribution is 9.10. The number of hydrogen-bond acceptors (Lipinski definition) is 3. The lowest BCUT2D eigenvalue weighted by atomic mass is 10.2. The van der Waals surface area contributed by atoms with E-state index in [4.69, 9.17) is 0 Å². The number of carbonyl (C=O) groups is 1. The quantitative estimate of drug-likeness (QED) is 0.787. The van der Waals surface area contributed by atoms with E-state index in [1.807, 2.05) is 6.92 Å². The zero-order chi connectivity index (χ0) is 13.1. The molecule has 0 N–H and O–H groups in total. The fourth-order valence-electron chi connectivity index (χ4n) is 2.01. The molecule has 18 heavy (non-hydrogen) atoms. The summed E-state index contributed by atoms with van der Waals surface area (Å²) in [6.45, 7) is 3.21. The van der Waals surface area contributed by atoms with Crippen LogP contribution >= 0.6 is 15.9 Å². The topological polar surface area (TPSA) is 50.3 Å². The smallest absolute Gasteiger partial charge is 0.273 e. The standard InChI is InChI=1S/C12H15BrN2O2S/c1-9-7-15(5-6-18(17)8-9)12(16)11-10(13)3-2-4-14-11/h2-4,9H,5-8H2,1H3/t9-,18+/m1/s1. The molecule has 1 aromatic rings. The van der Waals surface area contributed by atoms with Crippen LogP contribution in [-0.4, -0.2) is 44.6 Å². The van der Waals surface area contributed by atoms with Crippen molar-refractivity contribution in [1.29, 1.82) is 0 Å². The van der Waals surface area contributed by atoms with Crippen LogP contribution in [0.4, 0.5) is 0 Å². The van der Waals surface area contributed by atoms with Crippen LogP contribution < -0.4 is 0 Å². The third kappa shape index (κ3) is 3.17. The molecule has 1 amide bonds. The van der Waals surface area contributed by atoms with Crippen LogP contribution in [0.1, 0.15) is 17.4 Å². The predicted molar refractivity (Wildman–Crippen MR) is 74.9 cm³/mol. The van der Waals surface area contributed by atoms with Gasteiger partial charge in [0.25, 0.3) is 5.91 Å². The van der Waals surface area contributed by atoms with Gasteiger partial charge in [-0.3, -0.25) is 9.00 Å². The molecule has 1 aliphatic rings. The average molecular weight is 331 g/mol. The van der Waals surface area contributed by atoms with Crippen molar-refractivity contribution in [3.8, 4) is 0 Å². The predicted octanol–water partition coefficient (Wildman–Crippen LogP) is 1.68. The molecule has 4 nitrogen and oxygen atoms in total. The zero-order valence-corrected chi connectivity index (χ0v) is 12.5. The van der Waals surface area contributed by atoms with Crippen LogP contribution in [0.3, 0.4) is 0 Å². The summed E-state index contributed by atoms with van der Waals surface area (Å²) in [6, 6.07) is 3.58. The Labute approximate surface area is 117 Å². The molecule has 0 unspecified atom stereocenters. The largest absolute Gasteiger partial charge is 0.336 e. The average Bonchev–Trinajstić information content (AvgIpc) is 2.50. The van der Waals surface area contributed by atoms with Crippen LogP contribution in [0.5, 0.6) is 0 Å². The van der Waals surface area contributed by atoms with Crippen molar-refractivity contribution >= 4 is 32.6 Å². The zero-order valence-electron chi connectivity index (χ0n) is 10.1. The molecule has 2 rings (SSSR count). The first kappa shape index (κ1) is 13.7. The van der Waals surface area contributed by atoms with Crippen molar-refractivity contribution in [2.24, 2.45) is 5.92 Å². The Kier molecular flexibility index (Phi) is 4.50. The summed E-state index contributed by atoms with van der Waals surface area (Å²) < 4.78 is 12.3. The highest BCUT2D eigenvalue weighted by Gasteiger charge is 2.25. The molecule has 6 heteroatoms. The van der Waals surface area contributed by atoms with Crippen molar-refractivity contribution in [1.82, 2.24) is 9.88 Å². The third-order valence-electron chi connectivity index (χ3n) is 2.84. The van der Waals surface area contributed by atoms with Crippen molar-refractivity contribution in [2.45, 2.75) is 6.92 Å². The lowest BCUT2D eigenvalue weighted by Crippen LogP contribution is -2.36. The number of hydrogen-bond donors (Lipinski definition) is 0. The van der Waals surface area contributed by atoms with Gasteiger partial charge in [-0.2, -0.15) is 0 Å². The van der Waals surface area contributed by atoms with Crippen LogP contribution in [0.15, 0.2) is 22.8 Å². The first-order valence-electron chi connectivity index (χ1n) is 5.82. The molecule has 0 radical (unpaired) electrons. The number of halogens is 1. The van der Waals surface area contributed by atoms with E-state index in [1.165, 1.54) is 0 Å². The number of rotatable bonds is 1. The van der Waals surface area contributed by atoms with Crippen molar-refractivity contribution in [3.05, 3.63) is 28.5 Å². The molecule has 2 atom stereocenters. The van der Waals surface area contributed by atoms with Gasteiger partial charge in [0.2, 0.25) is 0 Å². The van der Waals surface area contributed by atoms with E-state index in [2.05, 4.69) is 20.9 Å². The van der Waals surface area contributed by atoms with Gasteiger partial charge in [-0.15, -0.1) is 0 Å². The molecule has 0 aromatic carbocycles. The maximum atomic E-state index is 12.4. The van der Waals surface area contributed by atoms with Gasteiger partial charge in [0.1, 0.15) is 5.69 Å². The van der Waals surface area contributed by atoms with Crippen molar-refractivity contribution < 1.29 is 9.00 Å². The first-order valence-corrected chi connectivity index (χ1v) is 8.11. The lowest BCUT2D eigenvalue weighted by molar-refractivity contribution is 0.0744. The number of aromatic nitrogens is 1. The van der Waals surface area contributed by atoms with Crippen LogP contribution in [0, 0.1) is 5.92 Å². The van der Waals surface area contributed by atoms with Gasteiger partial charge >= 0.3 is 0 Å². The molecular weight excluding hydrogens is 316 g/mol. The summed E-state index contributed by atoms with van der Waals surface area (Å²) in [6.07, 6.45) is 1.61. The molecular formula is C12H15BrN2O2S. The summed E-state index contributed by atoms with van der Waals surface area (Å²) in [5.41, 5.74) is 0.428. The van der Waals surface area contributed by atoms with Gasteiger partial charge in [-0.05, 0) is 34.0 Å². The van der Waals surface area contributed by atoms with Gasteiger partial charge in [0, 0.05) is 46.1 Å². The Morgan fingerprint density at radius 2 is 2.39 bits per heavy atom. The summed E-state index contributed by atoms with van der Waals surface area (Å²) >= 11 is 3.34. The lowest BCUT2D eigenvalue weighted by Gasteiger charge is -2.22. The van der Waals surface area contributed by atoms with Gasteiger partial charge < -0.3 is 4.90 Å². The van der Waals surface area contributed by atoms with Crippen molar-refractivity contribution in [2.75, 3.05) is 24.6 Å². The second kappa shape index (κ2) is 5.93. The Morgan fingerprint density at radius 3 is 3.11 bits per heavy atom. The molecule has 98 valence electrons. The molecule has 0 saturated carbocycles. The second-order valence-corrected chi connectivity index (χ2v) is 6.98. The normalized spacial score (nSPS) is 24.7. The molecule has 1 saturated heterocycles. The van der Waals surface area contributed by atoms with Crippen LogP contribution in [0.25, 0.3) is 0 Å². The maximum absolute atomic E-state index is 12.4. The van der Waals surface area contributed by atoms with Crippen LogP contribution in [-0.2, 0) is 10.8 Å². The number of amides is 1. The Balaban J connectivity index is 2.18. The maximum Gasteiger partial charge on any atom is 0.273 e. The SMILES string of the molecule is C[C@@H]1CN(C(=O)c2ncccc2Br)CC[S@](=O)C1. The van der Waals surface area contributed by atoms with E-state index in [9.17, 15) is 9.00 Å². The Morgan fingerprint density at radius 1 is 1.61 bits per heavy atom. The van der Waals surface area contributed by atoms with Crippen molar-refractivity contribution in [3.63, 3.8) is 0 Å². The minimum absolute atomic E-state index is 0.0896. The number of pyridine rings is 1. The Hall–Kier alpha value is -0.750. The van der Waals surface area contributed by atoms with E-state index in [0.29, 0.717) is 34.8 Å². The molecule has 1 aromatic heterocycles. The number of carbonyl (C=O) groups excluding carboxylic acids is 1. The monoisotopic (exact) mass is 330 g/mol. The van der Waals surface area contributed by atoms with Gasteiger partial charge in [-0.1, -0.05) is 6.92 Å². The summed E-state index contributed by atoms with van der Waals surface area (Å²) in [7, 11) is -0.813. The third-order valence-corrected chi connectivity index (χ3v) is 5.06. The second-order valence-electron chi connectivity index (χ2n) is 4.50. The highest BCUT2D eigenvalue weighted by Crippen LogP contribution is 2.17. The number of nitrogens with zero attached hydrogens (tertiary/aromatic N) is 2. The van der Waals surface area contributed by atoms with Crippen LogP contribution in [0.2, 0.25) is 0 Å². The summed E-state index contributed by atoms with van der Waals surface area (Å²) in [4.78, 5) is 18.2. The minimum Gasteiger partial charge on any atom is -0.336 e. The summed E-state index contributed by atoms with van der Waals surface area (Å²) in [5, 5.41) is 0. The Bertz CT molecular complexity index is 481. The van der Waals surface area contributed by atoms with E-state index in [-0.39, 0.29) is 11.8 Å². The van der Waals surface area contributed by atoms with E-state index < -0.39 is 10.8 Å². The minimum atomic E-state index is -0.813. The van der Waals surface area contributed by atoms with E-state index in [0.717, 1.165) is 0 Å². The molecule has 1 fully saturated rings. The van der Waals surface area contributed by atoms with Gasteiger partial charge in [0.05, 0.1) is 0 Å². The first-order chi connectivity index (χ1) is 8.58. The fourth-order valence-corrected chi connectivity index (χ4v) is 3.77. The summed E-state index contributed by atoms with van der Waals surface area (Å²) in [5.74, 6) is 1.40. The molecule has 2 heterocycles. The van der Waals surface area contributed by atoms with Gasteiger partial charge in [-0.25, -0.2) is 4.98 Å².